The summed E-state index contributed by atoms with van der Waals surface area (Å²) in [6, 6.07) is 12.1. The highest BCUT2D eigenvalue weighted by Gasteiger charge is 2.31. The molecule has 1 saturated carbocycles. The van der Waals surface area contributed by atoms with Crippen LogP contribution in [0.2, 0.25) is 0 Å². The molecule has 5 nitrogen and oxygen atoms in total. The van der Waals surface area contributed by atoms with Crippen LogP contribution in [0.15, 0.2) is 58.7 Å². The quantitative estimate of drug-likeness (QED) is 0.563. The highest BCUT2D eigenvalue weighted by atomic mass is 32.2. The summed E-state index contributed by atoms with van der Waals surface area (Å²) >= 11 is 3.14. The van der Waals surface area contributed by atoms with Crippen molar-refractivity contribution in [3.63, 3.8) is 0 Å². The van der Waals surface area contributed by atoms with E-state index in [-0.39, 0.29) is 17.7 Å². The van der Waals surface area contributed by atoms with E-state index in [1.807, 2.05) is 31.2 Å². The first-order valence-electron chi connectivity index (χ1n) is 9.47. The number of rotatable bonds is 6. The van der Waals surface area contributed by atoms with Gasteiger partial charge < -0.3 is 10.4 Å². The highest BCUT2D eigenvalue weighted by Crippen LogP contribution is 2.36. The molecule has 1 radical (unpaired) electrons. The van der Waals surface area contributed by atoms with Crippen molar-refractivity contribution in [2.24, 2.45) is 5.92 Å². The van der Waals surface area contributed by atoms with Gasteiger partial charge in [0.25, 0.3) is 0 Å². The van der Waals surface area contributed by atoms with Crippen LogP contribution >= 0.6 is 23.1 Å². The monoisotopic (exact) mass is 424 g/mol. The minimum absolute atomic E-state index is 0.00833. The van der Waals surface area contributed by atoms with Gasteiger partial charge in [0.1, 0.15) is 12.1 Å². The average Bonchev–Trinajstić information content (AvgIpc) is 3.24. The highest BCUT2D eigenvalue weighted by molar-refractivity contribution is 7.99. The number of hydrogen-bond acceptors (Lipinski definition) is 7. The summed E-state index contributed by atoms with van der Waals surface area (Å²) in [5.74, 6) is 0.413. The van der Waals surface area contributed by atoms with Gasteiger partial charge >= 0.3 is 0 Å². The Kier molecular flexibility index (Phi) is 5.99. The summed E-state index contributed by atoms with van der Waals surface area (Å²) in [7, 11) is 0. The van der Waals surface area contributed by atoms with Crippen LogP contribution in [-0.4, -0.2) is 33.0 Å². The number of nitrogens with one attached hydrogen (secondary N) is 1. The van der Waals surface area contributed by atoms with Crippen molar-refractivity contribution in [2.45, 2.75) is 41.7 Å². The molecule has 149 valence electrons. The molecule has 1 fully saturated rings. The number of carbonyl (C=O) groups excluding carboxylic acids is 1. The average molecular weight is 425 g/mol. The Hall–Kier alpha value is -2.22. The molecule has 0 amide bonds. The Morgan fingerprint density at radius 2 is 2.10 bits per heavy atom. The van der Waals surface area contributed by atoms with E-state index in [1.54, 1.807) is 18.0 Å². The number of ketones is 1. The second-order valence-electron chi connectivity index (χ2n) is 7.20. The number of hydrogen-bond donors (Lipinski definition) is 2. The number of thiophene rings is 1. The van der Waals surface area contributed by atoms with Crippen molar-refractivity contribution in [1.29, 1.82) is 0 Å². The summed E-state index contributed by atoms with van der Waals surface area (Å²) in [6.45, 7) is 6.00. The molecule has 4 rings (SSSR count). The number of aliphatic hydroxyl groups is 1. The van der Waals surface area contributed by atoms with Gasteiger partial charge in [0, 0.05) is 26.9 Å². The van der Waals surface area contributed by atoms with E-state index in [0.717, 1.165) is 21.1 Å². The fourth-order valence-electron chi connectivity index (χ4n) is 3.45. The lowest BCUT2D eigenvalue weighted by Crippen LogP contribution is -2.20. The second kappa shape index (κ2) is 8.65. The largest absolute Gasteiger partial charge is 0.393 e. The molecule has 0 unspecified atom stereocenters. The van der Waals surface area contributed by atoms with E-state index < -0.39 is 6.10 Å². The molecule has 2 N–H and O–H groups in total. The van der Waals surface area contributed by atoms with Crippen molar-refractivity contribution in [1.82, 2.24) is 9.97 Å². The third kappa shape index (κ3) is 4.52. The molecule has 0 spiro atoms. The van der Waals surface area contributed by atoms with Gasteiger partial charge in [-0.15, -0.1) is 11.3 Å². The van der Waals surface area contributed by atoms with Crippen molar-refractivity contribution in [2.75, 3.05) is 5.32 Å². The lowest BCUT2D eigenvalue weighted by Gasteiger charge is -2.15. The molecule has 2 heterocycles. The van der Waals surface area contributed by atoms with Crippen LogP contribution in [0.5, 0.6) is 0 Å². The fourth-order valence-corrected chi connectivity index (χ4v) is 5.51. The number of aromatic nitrogens is 2. The third-order valence-corrected chi connectivity index (χ3v) is 7.35. The van der Waals surface area contributed by atoms with Gasteiger partial charge in [0.2, 0.25) is 5.78 Å². The van der Waals surface area contributed by atoms with Gasteiger partial charge in [0.15, 0.2) is 0 Å². The van der Waals surface area contributed by atoms with Gasteiger partial charge in [-0.3, -0.25) is 4.79 Å². The number of aryl methyl sites for hydroxylation is 1. The van der Waals surface area contributed by atoms with E-state index in [9.17, 15) is 9.90 Å². The van der Waals surface area contributed by atoms with Crippen LogP contribution in [0.1, 0.15) is 33.0 Å². The Balaban J connectivity index is 1.55. The minimum Gasteiger partial charge on any atom is -0.393 e. The smallest absolute Gasteiger partial charge is 0.208 e. The molecule has 1 aliphatic rings. The van der Waals surface area contributed by atoms with E-state index in [4.69, 9.17) is 0 Å². The van der Waals surface area contributed by atoms with Crippen LogP contribution in [0.25, 0.3) is 0 Å². The van der Waals surface area contributed by atoms with Gasteiger partial charge in [-0.05, 0) is 50.8 Å². The predicted molar refractivity (Wildman–Crippen MR) is 117 cm³/mol. The molecule has 1 aromatic carbocycles. The SMILES string of the molecule is [CH2][C@@H]1C[C@@H](Nc2ncncc2C(=O)c2cc(Sc3ccccc3)c(C)s2)C[C@@H]1O. The van der Waals surface area contributed by atoms with Gasteiger partial charge in [0.05, 0.1) is 16.5 Å². The van der Waals surface area contributed by atoms with E-state index in [1.165, 1.54) is 17.7 Å². The normalized spacial score (nSPS) is 21.3. The van der Waals surface area contributed by atoms with E-state index in [2.05, 4.69) is 34.3 Å². The van der Waals surface area contributed by atoms with Crippen molar-refractivity contribution >= 4 is 34.7 Å². The number of anilines is 1. The zero-order valence-corrected chi connectivity index (χ0v) is 17.7. The van der Waals surface area contributed by atoms with Crippen LogP contribution in [0.4, 0.5) is 5.82 Å². The molecular weight excluding hydrogens is 402 g/mol. The first-order valence-corrected chi connectivity index (χ1v) is 11.1. The molecule has 2 aromatic heterocycles. The Labute approximate surface area is 178 Å². The standard InChI is InChI=1S/C22H22N3O2S2/c1-13-8-15(9-18(13)26)25-22-17(11-23-12-24-22)21(27)20-10-19(14(2)28-20)29-16-6-4-3-5-7-16/h3-7,10-13,15,18,26H,1,8-9H2,2H3,(H,23,24,25)/t13-,15-,18+/m1/s1. The summed E-state index contributed by atoms with van der Waals surface area (Å²) in [6.07, 6.45) is 3.91. The van der Waals surface area contributed by atoms with Gasteiger partial charge in [-0.25, -0.2) is 9.97 Å². The molecule has 7 heteroatoms. The second-order valence-corrected chi connectivity index (χ2v) is 9.57. The lowest BCUT2D eigenvalue weighted by molar-refractivity contribution is 0.104. The molecule has 29 heavy (non-hydrogen) atoms. The third-order valence-electron chi connectivity index (χ3n) is 5.02. The number of benzene rings is 1. The van der Waals surface area contributed by atoms with Crippen LogP contribution < -0.4 is 5.32 Å². The van der Waals surface area contributed by atoms with Crippen molar-refractivity contribution in [3.8, 4) is 0 Å². The molecular formula is C22H22N3O2S2. The Morgan fingerprint density at radius 1 is 1.31 bits per heavy atom. The number of aliphatic hydroxyl groups excluding tert-OH is 1. The summed E-state index contributed by atoms with van der Waals surface area (Å²) < 4.78 is 0. The predicted octanol–water partition coefficient (Wildman–Crippen LogP) is 4.61. The zero-order chi connectivity index (χ0) is 20.4. The molecule has 1 aliphatic carbocycles. The van der Waals surface area contributed by atoms with Gasteiger partial charge in [-0.2, -0.15) is 0 Å². The molecule has 0 bridgehead atoms. The fraction of sp³-hybridized carbons (Fsp3) is 0.273. The Morgan fingerprint density at radius 3 is 2.83 bits per heavy atom. The topological polar surface area (TPSA) is 75.1 Å². The molecule has 3 aromatic rings. The maximum atomic E-state index is 13.2. The number of nitrogens with zero attached hydrogens (tertiary/aromatic N) is 2. The van der Waals surface area contributed by atoms with E-state index >= 15 is 0 Å². The van der Waals surface area contributed by atoms with Crippen molar-refractivity contribution in [3.05, 3.63) is 71.2 Å². The first-order chi connectivity index (χ1) is 14.0. The Bertz CT molecular complexity index is 996. The van der Waals surface area contributed by atoms with Gasteiger partial charge in [-0.1, -0.05) is 30.0 Å². The maximum Gasteiger partial charge on any atom is 0.208 e. The van der Waals surface area contributed by atoms with Crippen LogP contribution in [0.3, 0.4) is 0 Å². The van der Waals surface area contributed by atoms with Crippen molar-refractivity contribution < 1.29 is 9.90 Å². The first kappa shape index (κ1) is 20.1. The molecule has 0 aliphatic heterocycles. The zero-order valence-electron chi connectivity index (χ0n) is 16.0. The summed E-state index contributed by atoms with van der Waals surface area (Å²) in [4.78, 5) is 25.5. The molecule has 3 atom stereocenters. The minimum atomic E-state index is -0.425. The lowest BCUT2D eigenvalue weighted by atomic mass is 10.1. The van der Waals surface area contributed by atoms with E-state index in [0.29, 0.717) is 22.7 Å². The summed E-state index contributed by atoms with van der Waals surface area (Å²) in [5, 5.41) is 13.3. The maximum absolute atomic E-state index is 13.2. The van der Waals surface area contributed by atoms with Crippen LogP contribution in [0, 0.1) is 19.8 Å². The summed E-state index contributed by atoms with van der Waals surface area (Å²) in [5.41, 5.74) is 0.451. The van der Waals surface area contributed by atoms with Crippen LogP contribution in [-0.2, 0) is 0 Å². The molecule has 0 saturated heterocycles. The number of carbonyl (C=O) groups is 1.